The molecular formula is C20H15N9O4S2. The molecule has 0 fully saturated rings. The minimum Gasteiger partial charge on any atom is -0.340 e. The lowest BCUT2D eigenvalue weighted by Crippen LogP contribution is -2.04. The van der Waals surface area contributed by atoms with Gasteiger partial charge in [0, 0.05) is 45.8 Å². The molecule has 3 aromatic heterocycles. The quantitative estimate of drug-likeness (QED) is 0.150. The maximum Gasteiger partial charge on any atom is 0.324 e. The summed E-state index contributed by atoms with van der Waals surface area (Å²) in [7, 11) is 0. The van der Waals surface area contributed by atoms with Gasteiger partial charge in [-0.3, -0.25) is 25.7 Å². The Kier molecular flexibility index (Phi) is 7.29. The molecule has 0 spiro atoms. The van der Waals surface area contributed by atoms with Gasteiger partial charge in [0.2, 0.25) is 5.95 Å². The predicted molar refractivity (Wildman–Crippen MR) is 136 cm³/mol. The van der Waals surface area contributed by atoms with Crippen molar-refractivity contribution in [2.45, 2.75) is 0 Å². The second-order valence-electron chi connectivity index (χ2n) is 6.64. The first kappa shape index (κ1) is 23.4. The summed E-state index contributed by atoms with van der Waals surface area (Å²) in [5, 5.41) is 36.2. The first-order valence-electron chi connectivity index (χ1n) is 9.71. The standard InChI is InChI=1S/C20H15N9O4S2/c30-28(31)18-6-13(11-34-18)9-21-26-17-8-16(23-15-4-2-1-3-5-15)24-20(25-17)27-22-10-14-7-19(29(32)33)35-12-14/h1-12H,(H3,23,24,25,26,27). The largest absolute Gasteiger partial charge is 0.340 e. The number of hydrogen-bond acceptors (Lipinski definition) is 13. The molecule has 0 saturated heterocycles. The molecule has 0 unspecified atom stereocenters. The molecule has 1 aromatic carbocycles. The van der Waals surface area contributed by atoms with Gasteiger partial charge in [-0.1, -0.05) is 40.9 Å². The van der Waals surface area contributed by atoms with Gasteiger partial charge in [0.05, 0.1) is 22.3 Å². The van der Waals surface area contributed by atoms with Gasteiger partial charge in [-0.15, -0.1) is 0 Å². The molecule has 0 atom stereocenters. The third-order valence-corrected chi connectivity index (χ3v) is 5.91. The lowest BCUT2D eigenvalue weighted by atomic mass is 10.3. The van der Waals surface area contributed by atoms with Crippen molar-refractivity contribution in [3.63, 3.8) is 0 Å². The number of hydrazone groups is 2. The normalized spacial score (nSPS) is 11.1. The van der Waals surface area contributed by atoms with E-state index in [1.54, 1.807) is 16.8 Å². The summed E-state index contributed by atoms with van der Waals surface area (Å²) in [6, 6.07) is 13.8. The topological polar surface area (TPSA) is 173 Å². The Balaban J connectivity index is 1.51. The van der Waals surface area contributed by atoms with Crippen molar-refractivity contribution < 1.29 is 9.85 Å². The van der Waals surface area contributed by atoms with Crippen molar-refractivity contribution in [1.82, 2.24) is 9.97 Å². The minimum absolute atomic E-state index is 0.0112. The molecule has 0 amide bonds. The van der Waals surface area contributed by atoms with E-state index in [9.17, 15) is 20.2 Å². The van der Waals surface area contributed by atoms with Crippen molar-refractivity contribution in [3.8, 4) is 0 Å². The maximum atomic E-state index is 10.8. The van der Waals surface area contributed by atoms with E-state index >= 15 is 0 Å². The Hall–Kier alpha value is -4.76. The first-order chi connectivity index (χ1) is 17.0. The smallest absolute Gasteiger partial charge is 0.324 e. The van der Waals surface area contributed by atoms with Gasteiger partial charge in [-0.2, -0.15) is 20.2 Å². The third kappa shape index (κ3) is 6.62. The molecule has 176 valence electrons. The lowest BCUT2D eigenvalue weighted by molar-refractivity contribution is -0.380. The fraction of sp³-hybridized carbons (Fsp3) is 0. The fourth-order valence-electron chi connectivity index (χ4n) is 2.63. The van der Waals surface area contributed by atoms with Crippen molar-refractivity contribution in [1.29, 1.82) is 0 Å². The fourth-order valence-corrected chi connectivity index (χ4v) is 3.98. The van der Waals surface area contributed by atoms with Gasteiger partial charge in [0.15, 0.2) is 5.82 Å². The zero-order valence-corrected chi connectivity index (χ0v) is 19.2. The van der Waals surface area contributed by atoms with Crippen LogP contribution in [-0.2, 0) is 0 Å². The molecule has 0 aliphatic carbocycles. The summed E-state index contributed by atoms with van der Waals surface area (Å²) in [5.74, 6) is 0.901. The Morgan fingerprint density at radius 2 is 1.37 bits per heavy atom. The number of thiophene rings is 2. The second kappa shape index (κ2) is 10.9. The van der Waals surface area contributed by atoms with Crippen LogP contribution < -0.4 is 16.2 Å². The van der Waals surface area contributed by atoms with Crippen LogP contribution in [-0.4, -0.2) is 32.2 Å². The molecule has 4 rings (SSSR count). The van der Waals surface area contributed by atoms with Crippen LogP contribution in [0.2, 0.25) is 0 Å². The molecule has 0 aliphatic rings. The number of hydrogen-bond donors (Lipinski definition) is 3. The highest BCUT2D eigenvalue weighted by molar-refractivity contribution is 7.13. The molecule has 0 aliphatic heterocycles. The van der Waals surface area contributed by atoms with E-state index in [0.717, 1.165) is 28.4 Å². The highest BCUT2D eigenvalue weighted by Crippen LogP contribution is 2.23. The van der Waals surface area contributed by atoms with Crippen LogP contribution in [0.5, 0.6) is 0 Å². The molecule has 15 heteroatoms. The van der Waals surface area contributed by atoms with Gasteiger partial charge in [-0.05, 0) is 12.1 Å². The molecule has 13 nitrogen and oxygen atoms in total. The van der Waals surface area contributed by atoms with E-state index in [2.05, 4.69) is 36.3 Å². The number of nitrogens with one attached hydrogen (secondary N) is 3. The average Bonchev–Trinajstić information content (AvgIpc) is 3.50. The summed E-state index contributed by atoms with van der Waals surface area (Å²) in [5.41, 5.74) is 7.39. The van der Waals surface area contributed by atoms with E-state index in [1.165, 1.54) is 24.6 Å². The molecule has 3 heterocycles. The third-order valence-electron chi connectivity index (χ3n) is 4.11. The molecule has 3 N–H and O–H groups in total. The van der Waals surface area contributed by atoms with Crippen LogP contribution in [0.1, 0.15) is 11.1 Å². The highest BCUT2D eigenvalue weighted by Gasteiger charge is 2.10. The van der Waals surface area contributed by atoms with Crippen molar-refractivity contribution in [3.05, 3.63) is 90.6 Å². The SMILES string of the molecule is O=[N+]([O-])c1cc(C=NNc2cc(Nc3ccccc3)nc(NN=Cc3csc([N+](=O)[O-])c3)n2)cs1. The average molecular weight is 510 g/mol. The maximum absolute atomic E-state index is 10.8. The summed E-state index contributed by atoms with van der Waals surface area (Å²) < 4.78 is 0. The van der Waals surface area contributed by atoms with E-state index in [4.69, 9.17) is 0 Å². The Morgan fingerprint density at radius 1 is 0.800 bits per heavy atom. The second-order valence-corrected chi connectivity index (χ2v) is 8.42. The summed E-state index contributed by atoms with van der Waals surface area (Å²) >= 11 is 2.00. The summed E-state index contributed by atoms with van der Waals surface area (Å²) in [6.07, 6.45) is 2.85. The van der Waals surface area contributed by atoms with Gasteiger partial charge in [0.1, 0.15) is 5.82 Å². The van der Waals surface area contributed by atoms with Gasteiger partial charge in [0.25, 0.3) is 0 Å². The van der Waals surface area contributed by atoms with Crippen molar-refractivity contribution in [2.75, 3.05) is 16.2 Å². The van der Waals surface area contributed by atoms with Gasteiger partial charge in [-0.25, -0.2) is 5.43 Å². The molecule has 0 saturated carbocycles. The Labute approximate surface area is 205 Å². The minimum atomic E-state index is -0.468. The Bertz CT molecular complexity index is 1320. The highest BCUT2D eigenvalue weighted by atomic mass is 32.1. The number of aromatic nitrogens is 2. The van der Waals surface area contributed by atoms with Gasteiger partial charge < -0.3 is 5.32 Å². The van der Waals surface area contributed by atoms with E-state index < -0.39 is 9.85 Å². The van der Waals surface area contributed by atoms with Crippen LogP contribution in [0.15, 0.2) is 69.5 Å². The summed E-state index contributed by atoms with van der Waals surface area (Å²) in [6.45, 7) is 0. The van der Waals surface area contributed by atoms with Crippen LogP contribution in [0, 0.1) is 20.2 Å². The number of anilines is 4. The monoisotopic (exact) mass is 509 g/mol. The lowest BCUT2D eigenvalue weighted by Gasteiger charge is -2.09. The summed E-state index contributed by atoms with van der Waals surface area (Å²) in [4.78, 5) is 29.4. The number of nitro groups is 2. The van der Waals surface area contributed by atoms with Crippen LogP contribution in [0.3, 0.4) is 0 Å². The zero-order chi connectivity index (χ0) is 24.6. The molecule has 0 radical (unpaired) electrons. The predicted octanol–water partition coefficient (Wildman–Crippen LogP) is 5.05. The van der Waals surface area contributed by atoms with Crippen LogP contribution in [0.25, 0.3) is 0 Å². The molecular weight excluding hydrogens is 494 g/mol. The molecule has 4 aromatic rings. The number of para-hydroxylation sites is 1. The molecule has 0 bridgehead atoms. The van der Waals surface area contributed by atoms with Crippen LogP contribution in [0.4, 0.5) is 33.3 Å². The number of benzene rings is 1. The molecule has 35 heavy (non-hydrogen) atoms. The van der Waals surface area contributed by atoms with Crippen molar-refractivity contribution in [2.24, 2.45) is 10.2 Å². The number of rotatable bonds is 10. The first-order valence-corrected chi connectivity index (χ1v) is 11.5. The Morgan fingerprint density at radius 3 is 1.94 bits per heavy atom. The van der Waals surface area contributed by atoms with Crippen LogP contribution >= 0.6 is 22.7 Å². The zero-order valence-electron chi connectivity index (χ0n) is 17.6. The van der Waals surface area contributed by atoms with E-state index in [-0.39, 0.29) is 16.0 Å². The van der Waals surface area contributed by atoms with Gasteiger partial charge >= 0.3 is 10.0 Å². The van der Waals surface area contributed by atoms with E-state index in [0.29, 0.717) is 22.8 Å². The number of nitrogens with zero attached hydrogens (tertiary/aromatic N) is 6. The van der Waals surface area contributed by atoms with Crippen molar-refractivity contribution >= 4 is 68.4 Å². The van der Waals surface area contributed by atoms with E-state index in [1.807, 2.05) is 30.3 Å².